The third-order valence-corrected chi connectivity index (χ3v) is 9.58. The molecule has 2 heterocycles. The van der Waals surface area contributed by atoms with Crippen LogP contribution < -0.4 is 10.2 Å². The highest BCUT2D eigenvalue weighted by Gasteiger charge is 2.40. The summed E-state index contributed by atoms with van der Waals surface area (Å²) in [5.74, 6) is -1.16. The number of amides is 1. The maximum absolute atomic E-state index is 13.5. The molecule has 0 bridgehead atoms. The molecule has 214 valence electrons. The van der Waals surface area contributed by atoms with Crippen molar-refractivity contribution in [3.63, 3.8) is 0 Å². The van der Waals surface area contributed by atoms with Gasteiger partial charge >= 0.3 is 6.36 Å². The fraction of sp³-hybridized carbons (Fsp3) is 0.500. The zero-order valence-electron chi connectivity index (χ0n) is 21.4. The number of carbonyl (C=O) groups excluding carboxylic acids is 1. The summed E-state index contributed by atoms with van der Waals surface area (Å²) in [6.07, 6.45) is -1.81. The number of hydroxylamine groups is 1. The molecule has 2 aromatic carbocycles. The number of hydrogen-bond acceptors (Lipinski definition) is 7. The molecule has 1 amide bonds. The van der Waals surface area contributed by atoms with Crippen LogP contribution in [0.25, 0.3) is 0 Å². The number of halogens is 3. The standard InChI is InChI=1S/C26H32F3N3O6S/c1-25(34,24(33)30-35)22-4-2-3-5-23(22)39(36,37)32-16-12-20(13-17-32)31-14-10-19(11-15-31)18-6-8-21(9-7-18)38-26(27,28)29/h2-9,19-20,34-35H,10-17H2,1H3,(H,30,33). The zero-order chi connectivity index (χ0) is 28.4. The van der Waals surface area contributed by atoms with Crippen LogP contribution >= 0.6 is 0 Å². The lowest BCUT2D eigenvalue weighted by Crippen LogP contribution is -2.49. The van der Waals surface area contributed by atoms with E-state index in [1.165, 1.54) is 46.2 Å². The van der Waals surface area contributed by atoms with Gasteiger partial charge in [-0.25, -0.2) is 13.9 Å². The minimum absolute atomic E-state index is 0.126. The first-order chi connectivity index (χ1) is 18.3. The molecule has 0 aliphatic carbocycles. The summed E-state index contributed by atoms with van der Waals surface area (Å²) >= 11 is 0. The van der Waals surface area contributed by atoms with Crippen LogP contribution in [0, 0.1) is 0 Å². The Hall–Kier alpha value is -2.71. The lowest BCUT2D eigenvalue weighted by atomic mass is 9.88. The van der Waals surface area contributed by atoms with Crippen LogP contribution in [0.4, 0.5) is 13.2 Å². The molecule has 9 nitrogen and oxygen atoms in total. The van der Waals surface area contributed by atoms with E-state index in [0.717, 1.165) is 38.4 Å². The summed E-state index contributed by atoms with van der Waals surface area (Å²) in [6.45, 7) is 3.26. The molecule has 0 saturated carbocycles. The number of hydrogen-bond donors (Lipinski definition) is 3. The lowest BCUT2D eigenvalue weighted by Gasteiger charge is -2.41. The predicted octanol–water partition coefficient (Wildman–Crippen LogP) is 3.33. The summed E-state index contributed by atoms with van der Waals surface area (Å²) in [4.78, 5) is 14.2. The van der Waals surface area contributed by atoms with E-state index in [9.17, 15) is 31.5 Å². The molecule has 2 aromatic rings. The predicted molar refractivity (Wildman–Crippen MR) is 134 cm³/mol. The Bertz CT molecular complexity index is 1250. The Morgan fingerprint density at radius 1 is 0.974 bits per heavy atom. The quantitative estimate of drug-likeness (QED) is 0.345. The molecule has 39 heavy (non-hydrogen) atoms. The summed E-state index contributed by atoms with van der Waals surface area (Å²) < 4.78 is 69.5. The number of aliphatic hydroxyl groups is 1. The Morgan fingerprint density at radius 3 is 2.13 bits per heavy atom. The summed E-state index contributed by atoms with van der Waals surface area (Å²) in [7, 11) is -4.02. The van der Waals surface area contributed by atoms with Gasteiger partial charge in [0.1, 0.15) is 5.75 Å². The number of ether oxygens (including phenoxy) is 1. The van der Waals surface area contributed by atoms with E-state index in [0.29, 0.717) is 12.8 Å². The Kier molecular flexibility index (Phi) is 8.57. The third-order valence-electron chi connectivity index (χ3n) is 7.63. The van der Waals surface area contributed by atoms with Gasteiger partial charge in [-0.3, -0.25) is 10.0 Å². The topological polar surface area (TPSA) is 119 Å². The molecule has 13 heteroatoms. The van der Waals surface area contributed by atoms with E-state index in [4.69, 9.17) is 5.21 Å². The van der Waals surface area contributed by atoms with Crippen molar-refractivity contribution in [3.05, 3.63) is 59.7 Å². The number of piperidine rings is 2. The van der Waals surface area contributed by atoms with Gasteiger partial charge in [-0.2, -0.15) is 4.31 Å². The molecule has 2 aliphatic heterocycles. The van der Waals surface area contributed by atoms with Gasteiger partial charge in [0, 0.05) is 24.7 Å². The van der Waals surface area contributed by atoms with E-state index in [-0.39, 0.29) is 41.3 Å². The van der Waals surface area contributed by atoms with Gasteiger partial charge in [0.25, 0.3) is 5.91 Å². The van der Waals surface area contributed by atoms with E-state index < -0.39 is 27.9 Å². The normalized spacial score (nSPS) is 20.4. The number of alkyl halides is 3. The van der Waals surface area contributed by atoms with Crippen LogP contribution in [0.5, 0.6) is 5.75 Å². The van der Waals surface area contributed by atoms with Gasteiger partial charge in [-0.05, 0) is 75.4 Å². The second-order valence-corrected chi connectivity index (χ2v) is 12.0. The fourth-order valence-corrected chi connectivity index (χ4v) is 7.22. The first-order valence-electron chi connectivity index (χ1n) is 12.7. The van der Waals surface area contributed by atoms with Gasteiger partial charge in [0.05, 0.1) is 4.90 Å². The molecule has 3 N–H and O–H groups in total. The molecular formula is C26H32F3N3O6S. The Morgan fingerprint density at radius 2 is 1.56 bits per heavy atom. The van der Waals surface area contributed by atoms with Crippen molar-refractivity contribution in [1.29, 1.82) is 0 Å². The van der Waals surface area contributed by atoms with Crippen LogP contribution in [0.3, 0.4) is 0 Å². The highest BCUT2D eigenvalue weighted by molar-refractivity contribution is 7.89. The molecule has 1 unspecified atom stereocenters. The lowest BCUT2D eigenvalue weighted by molar-refractivity contribution is -0.274. The molecule has 2 aliphatic rings. The number of nitrogens with one attached hydrogen (secondary N) is 1. The zero-order valence-corrected chi connectivity index (χ0v) is 22.2. The largest absolute Gasteiger partial charge is 0.573 e. The molecule has 2 saturated heterocycles. The summed E-state index contributed by atoms with van der Waals surface area (Å²) in [6, 6.07) is 11.9. The third kappa shape index (κ3) is 6.55. The molecule has 0 radical (unpaired) electrons. The van der Waals surface area contributed by atoms with Crippen LogP contribution in [0.1, 0.15) is 49.7 Å². The minimum atomic E-state index is -4.72. The maximum atomic E-state index is 13.5. The molecule has 0 spiro atoms. The van der Waals surface area contributed by atoms with E-state index >= 15 is 0 Å². The van der Waals surface area contributed by atoms with Crippen LogP contribution in [0.2, 0.25) is 0 Å². The first-order valence-corrected chi connectivity index (χ1v) is 14.1. The van der Waals surface area contributed by atoms with Crippen LogP contribution in [0.15, 0.2) is 53.4 Å². The molecule has 1 atom stereocenters. The smallest absolute Gasteiger partial charge is 0.406 e. The van der Waals surface area contributed by atoms with Crippen molar-refractivity contribution in [3.8, 4) is 5.75 Å². The molecule has 2 fully saturated rings. The van der Waals surface area contributed by atoms with E-state index in [2.05, 4.69) is 9.64 Å². The van der Waals surface area contributed by atoms with Gasteiger partial charge < -0.3 is 14.7 Å². The maximum Gasteiger partial charge on any atom is 0.573 e. The summed E-state index contributed by atoms with van der Waals surface area (Å²) in [5, 5.41) is 19.6. The van der Waals surface area contributed by atoms with Gasteiger partial charge in [0.2, 0.25) is 10.0 Å². The number of nitrogens with zero attached hydrogens (tertiary/aromatic N) is 2. The summed E-state index contributed by atoms with van der Waals surface area (Å²) in [5.41, 5.74) is -0.0376. The second kappa shape index (κ2) is 11.4. The number of likely N-dealkylation sites (tertiary alicyclic amines) is 1. The highest BCUT2D eigenvalue weighted by atomic mass is 32.2. The number of benzene rings is 2. The van der Waals surface area contributed by atoms with Gasteiger partial charge in [0.15, 0.2) is 5.60 Å². The van der Waals surface area contributed by atoms with Gasteiger partial charge in [-0.1, -0.05) is 30.3 Å². The van der Waals surface area contributed by atoms with Crippen molar-refractivity contribution in [1.82, 2.24) is 14.7 Å². The SMILES string of the molecule is CC(O)(C(=O)NO)c1ccccc1S(=O)(=O)N1CCC(N2CCC(c3ccc(OC(F)(F)F)cc3)CC2)CC1. The number of sulfonamides is 1. The van der Waals surface area contributed by atoms with Crippen LogP contribution in [-0.4, -0.2) is 72.4 Å². The Balaban J connectivity index is 1.35. The molecular weight excluding hydrogens is 539 g/mol. The number of rotatable bonds is 7. The van der Waals surface area contributed by atoms with Crippen molar-refractivity contribution in [2.45, 2.75) is 61.4 Å². The van der Waals surface area contributed by atoms with Crippen molar-refractivity contribution in [2.75, 3.05) is 26.2 Å². The van der Waals surface area contributed by atoms with Crippen LogP contribution in [-0.2, 0) is 20.4 Å². The highest BCUT2D eigenvalue weighted by Crippen LogP contribution is 2.34. The van der Waals surface area contributed by atoms with E-state index in [1.807, 2.05) is 0 Å². The fourth-order valence-electron chi connectivity index (χ4n) is 5.45. The number of carbonyl (C=O) groups is 1. The second-order valence-electron chi connectivity index (χ2n) is 10.1. The minimum Gasteiger partial charge on any atom is -0.406 e. The van der Waals surface area contributed by atoms with E-state index in [1.54, 1.807) is 12.1 Å². The van der Waals surface area contributed by atoms with Crippen molar-refractivity contribution >= 4 is 15.9 Å². The molecule has 0 aromatic heterocycles. The molecule has 4 rings (SSSR count). The first kappa shape index (κ1) is 29.3. The van der Waals surface area contributed by atoms with Crippen molar-refractivity contribution < 1.29 is 41.4 Å². The average molecular weight is 572 g/mol. The monoisotopic (exact) mass is 571 g/mol. The van der Waals surface area contributed by atoms with Crippen molar-refractivity contribution in [2.24, 2.45) is 0 Å². The van der Waals surface area contributed by atoms with Gasteiger partial charge in [-0.15, -0.1) is 13.2 Å². The average Bonchev–Trinajstić information content (AvgIpc) is 2.92. The Labute approximate surface area is 225 Å².